The molecule has 1 saturated heterocycles. The highest BCUT2D eigenvalue weighted by molar-refractivity contribution is 6.06. The summed E-state index contributed by atoms with van der Waals surface area (Å²) in [5.41, 5.74) is 7.38. The molecule has 23 heavy (non-hydrogen) atoms. The SMILES string of the molecule is N#Cc1cccc(/C=C/CN2C(=O)C3CC=CC(N)C3C2=O)c1. The molecule has 3 atom stereocenters. The fourth-order valence-corrected chi connectivity index (χ4v) is 3.18. The van der Waals surface area contributed by atoms with Crippen LogP contribution in [0.5, 0.6) is 0 Å². The average Bonchev–Trinajstić information content (AvgIpc) is 2.81. The largest absolute Gasteiger partial charge is 0.324 e. The van der Waals surface area contributed by atoms with Gasteiger partial charge in [0.1, 0.15) is 0 Å². The van der Waals surface area contributed by atoms with E-state index in [0.717, 1.165) is 5.56 Å². The van der Waals surface area contributed by atoms with Gasteiger partial charge in [0, 0.05) is 12.6 Å². The number of carbonyl (C=O) groups is 2. The topological polar surface area (TPSA) is 87.2 Å². The highest BCUT2D eigenvalue weighted by atomic mass is 16.2. The fourth-order valence-electron chi connectivity index (χ4n) is 3.18. The lowest BCUT2D eigenvalue weighted by atomic mass is 9.82. The van der Waals surface area contributed by atoms with Crippen LogP contribution in [0.3, 0.4) is 0 Å². The van der Waals surface area contributed by atoms with E-state index in [4.69, 9.17) is 11.0 Å². The second-order valence-corrected chi connectivity index (χ2v) is 5.80. The van der Waals surface area contributed by atoms with Crippen LogP contribution in [0.2, 0.25) is 0 Å². The quantitative estimate of drug-likeness (QED) is 0.676. The summed E-state index contributed by atoms with van der Waals surface area (Å²) in [6, 6.07) is 8.84. The normalized spacial score (nSPS) is 26.6. The van der Waals surface area contributed by atoms with E-state index < -0.39 is 5.92 Å². The molecule has 2 aliphatic rings. The van der Waals surface area contributed by atoms with E-state index in [1.54, 1.807) is 30.4 Å². The number of imide groups is 1. The van der Waals surface area contributed by atoms with Crippen LogP contribution in [0, 0.1) is 23.2 Å². The lowest BCUT2D eigenvalue weighted by Gasteiger charge is -2.22. The van der Waals surface area contributed by atoms with Gasteiger partial charge in [0.25, 0.3) is 0 Å². The number of benzene rings is 1. The van der Waals surface area contributed by atoms with Gasteiger partial charge in [-0.2, -0.15) is 5.26 Å². The Morgan fingerprint density at radius 1 is 1.35 bits per heavy atom. The van der Waals surface area contributed by atoms with Crippen molar-refractivity contribution in [2.24, 2.45) is 17.6 Å². The Morgan fingerprint density at radius 2 is 2.17 bits per heavy atom. The number of likely N-dealkylation sites (tertiary alicyclic amines) is 1. The van der Waals surface area contributed by atoms with Gasteiger partial charge in [0.15, 0.2) is 0 Å². The molecule has 0 spiro atoms. The number of rotatable bonds is 3. The van der Waals surface area contributed by atoms with Gasteiger partial charge in [-0.1, -0.05) is 36.4 Å². The van der Waals surface area contributed by atoms with Crippen molar-refractivity contribution in [3.05, 3.63) is 53.6 Å². The summed E-state index contributed by atoms with van der Waals surface area (Å²) in [5.74, 6) is -1.08. The fraction of sp³-hybridized carbons (Fsp3) is 0.278. The third kappa shape index (κ3) is 2.81. The van der Waals surface area contributed by atoms with E-state index in [-0.39, 0.29) is 30.3 Å². The van der Waals surface area contributed by atoms with E-state index in [1.165, 1.54) is 4.90 Å². The lowest BCUT2D eigenvalue weighted by Crippen LogP contribution is -2.39. The van der Waals surface area contributed by atoms with Crippen LogP contribution in [0.25, 0.3) is 6.08 Å². The van der Waals surface area contributed by atoms with Crippen molar-refractivity contribution in [3.63, 3.8) is 0 Å². The van der Waals surface area contributed by atoms with Crippen LogP contribution < -0.4 is 5.73 Å². The summed E-state index contributed by atoms with van der Waals surface area (Å²) in [6.07, 6.45) is 7.83. The first-order valence-corrected chi connectivity index (χ1v) is 7.56. The van der Waals surface area contributed by atoms with Crippen molar-refractivity contribution in [2.75, 3.05) is 6.54 Å². The number of nitrogens with two attached hydrogens (primary N) is 1. The second kappa shape index (κ2) is 6.19. The molecule has 116 valence electrons. The average molecular weight is 307 g/mol. The first-order valence-electron chi connectivity index (χ1n) is 7.56. The summed E-state index contributed by atoms with van der Waals surface area (Å²) < 4.78 is 0. The van der Waals surface area contributed by atoms with E-state index in [1.807, 2.05) is 18.2 Å². The van der Waals surface area contributed by atoms with Crippen LogP contribution in [-0.2, 0) is 9.59 Å². The van der Waals surface area contributed by atoms with Crippen molar-refractivity contribution in [1.29, 1.82) is 5.26 Å². The van der Waals surface area contributed by atoms with Crippen molar-refractivity contribution in [2.45, 2.75) is 12.5 Å². The molecule has 1 aliphatic heterocycles. The summed E-state index contributed by atoms with van der Waals surface area (Å²) in [4.78, 5) is 26.1. The number of hydrogen-bond acceptors (Lipinski definition) is 4. The molecule has 2 N–H and O–H groups in total. The smallest absolute Gasteiger partial charge is 0.235 e. The molecule has 1 aliphatic carbocycles. The summed E-state index contributed by atoms with van der Waals surface area (Å²) >= 11 is 0. The molecule has 0 radical (unpaired) electrons. The Balaban J connectivity index is 1.71. The van der Waals surface area contributed by atoms with Crippen molar-refractivity contribution >= 4 is 17.9 Å². The molecule has 3 rings (SSSR count). The van der Waals surface area contributed by atoms with E-state index in [2.05, 4.69) is 6.07 Å². The Morgan fingerprint density at radius 3 is 2.91 bits per heavy atom. The van der Waals surface area contributed by atoms with Gasteiger partial charge in [-0.15, -0.1) is 0 Å². The number of allylic oxidation sites excluding steroid dienone is 1. The van der Waals surface area contributed by atoms with Crippen LogP contribution in [-0.4, -0.2) is 29.3 Å². The van der Waals surface area contributed by atoms with Gasteiger partial charge in [0.2, 0.25) is 11.8 Å². The lowest BCUT2D eigenvalue weighted by molar-refractivity contribution is -0.139. The standard InChI is InChI=1S/C18H17N3O2/c19-11-13-5-1-4-12(10-13)6-3-9-21-17(22)14-7-2-8-15(20)16(14)18(21)23/h1-6,8,10,14-16H,7,9,20H2/b6-3+. The van der Waals surface area contributed by atoms with Gasteiger partial charge in [0.05, 0.1) is 23.5 Å². The van der Waals surface area contributed by atoms with Gasteiger partial charge >= 0.3 is 0 Å². The van der Waals surface area contributed by atoms with Crippen LogP contribution >= 0.6 is 0 Å². The first-order chi connectivity index (χ1) is 11.1. The Hall–Kier alpha value is -2.71. The molecule has 5 nitrogen and oxygen atoms in total. The molecule has 1 aromatic carbocycles. The Kier molecular flexibility index (Phi) is 4.09. The van der Waals surface area contributed by atoms with Crippen molar-refractivity contribution < 1.29 is 9.59 Å². The number of carbonyl (C=O) groups excluding carboxylic acids is 2. The zero-order valence-corrected chi connectivity index (χ0v) is 12.6. The third-order valence-corrected chi connectivity index (χ3v) is 4.34. The van der Waals surface area contributed by atoms with Crippen LogP contribution in [0.15, 0.2) is 42.5 Å². The van der Waals surface area contributed by atoms with Crippen molar-refractivity contribution in [3.8, 4) is 6.07 Å². The monoisotopic (exact) mass is 307 g/mol. The zero-order valence-electron chi connectivity index (χ0n) is 12.6. The summed E-state index contributed by atoms with van der Waals surface area (Å²) in [7, 11) is 0. The van der Waals surface area contributed by atoms with Gasteiger partial charge in [-0.25, -0.2) is 0 Å². The van der Waals surface area contributed by atoms with Gasteiger partial charge < -0.3 is 5.73 Å². The van der Waals surface area contributed by atoms with Gasteiger partial charge in [-0.05, 0) is 24.1 Å². The minimum atomic E-state index is -0.428. The molecule has 2 amide bonds. The summed E-state index contributed by atoms with van der Waals surface area (Å²) in [5, 5.41) is 8.88. The number of amides is 2. The molecule has 1 heterocycles. The minimum Gasteiger partial charge on any atom is -0.324 e. The Labute approximate surface area is 134 Å². The molecule has 3 unspecified atom stereocenters. The van der Waals surface area contributed by atoms with Crippen LogP contribution in [0.1, 0.15) is 17.5 Å². The number of hydrogen-bond donors (Lipinski definition) is 1. The second-order valence-electron chi connectivity index (χ2n) is 5.80. The highest BCUT2D eigenvalue weighted by Gasteiger charge is 2.49. The predicted octanol–water partition coefficient (Wildman–Crippen LogP) is 1.46. The van der Waals surface area contributed by atoms with Crippen LogP contribution in [0.4, 0.5) is 0 Å². The molecule has 1 aromatic rings. The van der Waals surface area contributed by atoms with Crippen molar-refractivity contribution in [1.82, 2.24) is 4.90 Å². The zero-order chi connectivity index (χ0) is 16.4. The molecule has 5 heteroatoms. The Bertz CT molecular complexity index is 745. The van der Waals surface area contributed by atoms with Gasteiger partial charge in [-0.3, -0.25) is 14.5 Å². The molecule has 0 aromatic heterocycles. The highest BCUT2D eigenvalue weighted by Crippen LogP contribution is 2.34. The maximum Gasteiger partial charge on any atom is 0.235 e. The number of nitrogens with zero attached hydrogens (tertiary/aromatic N) is 2. The maximum atomic E-state index is 12.4. The molecular formula is C18H17N3O2. The number of fused-ring (bicyclic) bond motifs is 1. The molecular weight excluding hydrogens is 290 g/mol. The van der Waals surface area contributed by atoms with E-state index >= 15 is 0 Å². The first kappa shape index (κ1) is 15.2. The predicted molar refractivity (Wildman–Crippen MR) is 85.6 cm³/mol. The van der Waals surface area contributed by atoms with E-state index in [0.29, 0.717) is 12.0 Å². The minimum absolute atomic E-state index is 0.143. The maximum absolute atomic E-state index is 12.4. The third-order valence-electron chi connectivity index (χ3n) is 4.34. The van der Waals surface area contributed by atoms with E-state index in [9.17, 15) is 9.59 Å². The summed E-state index contributed by atoms with van der Waals surface area (Å²) in [6.45, 7) is 0.230. The molecule has 0 saturated carbocycles. The number of nitriles is 1. The molecule has 0 bridgehead atoms. The molecule has 1 fully saturated rings.